The third-order valence-corrected chi connectivity index (χ3v) is 3.63. The lowest BCUT2D eigenvalue weighted by atomic mass is 9.73. The molecule has 1 fully saturated rings. The standard InChI is InChI=1S/C13H14F3NO2/c14-13(15,16)10-3-1-9(2-4-10)12(11(18)19)5-7-17-8-6-12/h1-4,17H,5-8H2,(H,18,19). The van der Waals surface area contributed by atoms with Crippen molar-refractivity contribution in [1.82, 2.24) is 5.32 Å². The zero-order valence-electron chi connectivity index (χ0n) is 10.1. The molecular weight excluding hydrogens is 259 g/mol. The van der Waals surface area contributed by atoms with Crippen molar-refractivity contribution in [2.24, 2.45) is 0 Å². The minimum Gasteiger partial charge on any atom is -0.481 e. The van der Waals surface area contributed by atoms with Gasteiger partial charge in [0.1, 0.15) is 0 Å². The summed E-state index contributed by atoms with van der Waals surface area (Å²) in [6.07, 6.45) is -3.63. The molecule has 0 spiro atoms. The molecule has 3 nitrogen and oxygen atoms in total. The van der Waals surface area contributed by atoms with E-state index in [0.717, 1.165) is 12.1 Å². The van der Waals surface area contributed by atoms with Crippen molar-refractivity contribution in [2.75, 3.05) is 13.1 Å². The van der Waals surface area contributed by atoms with Gasteiger partial charge in [-0.25, -0.2) is 0 Å². The molecule has 2 rings (SSSR count). The predicted molar refractivity (Wildman–Crippen MR) is 62.9 cm³/mol. The number of nitrogens with one attached hydrogen (secondary N) is 1. The summed E-state index contributed by atoms with van der Waals surface area (Å²) in [7, 11) is 0. The fourth-order valence-electron chi connectivity index (χ4n) is 2.46. The number of rotatable bonds is 2. The van der Waals surface area contributed by atoms with Gasteiger partial charge in [0, 0.05) is 0 Å². The van der Waals surface area contributed by atoms with Gasteiger partial charge in [0.05, 0.1) is 11.0 Å². The van der Waals surface area contributed by atoms with Crippen molar-refractivity contribution in [3.05, 3.63) is 35.4 Å². The first-order valence-electron chi connectivity index (χ1n) is 5.98. The van der Waals surface area contributed by atoms with Crippen LogP contribution < -0.4 is 5.32 Å². The van der Waals surface area contributed by atoms with Crippen molar-refractivity contribution in [3.63, 3.8) is 0 Å². The Balaban J connectivity index is 2.36. The number of hydrogen-bond donors (Lipinski definition) is 2. The number of carboxylic acids is 1. The van der Waals surface area contributed by atoms with E-state index in [1.54, 1.807) is 0 Å². The maximum absolute atomic E-state index is 12.5. The molecule has 0 bridgehead atoms. The second kappa shape index (κ2) is 4.85. The van der Waals surface area contributed by atoms with E-state index in [1.165, 1.54) is 12.1 Å². The van der Waals surface area contributed by atoms with Gasteiger partial charge < -0.3 is 10.4 Å². The van der Waals surface area contributed by atoms with Crippen LogP contribution in [0.25, 0.3) is 0 Å². The van der Waals surface area contributed by atoms with Crippen LogP contribution in [0.4, 0.5) is 13.2 Å². The molecule has 0 atom stereocenters. The van der Waals surface area contributed by atoms with Gasteiger partial charge in [-0.1, -0.05) is 12.1 Å². The molecule has 6 heteroatoms. The van der Waals surface area contributed by atoms with Crippen LogP contribution in [0.5, 0.6) is 0 Å². The second-order valence-electron chi connectivity index (χ2n) is 4.71. The topological polar surface area (TPSA) is 49.3 Å². The maximum Gasteiger partial charge on any atom is 0.416 e. The zero-order chi connectivity index (χ0) is 14.1. The predicted octanol–water partition coefficient (Wildman–Crippen LogP) is 2.41. The van der Waals surface area contributed by atoms with Crippen molar-refractivity contribution in [2.45, 2.75) is 24.4 Å². The normalized spacial score (nSPS) is 19.1. The van der Waals surface area contributed by atoms with Gasteiger partial charge in [-0.2, -0.15) is 13.2 Å². The largest absolute Gasteiger partial charge is 0.481 e. The summed E-state index contributed by atoms with van der Waals surface area (Å²) < 4.78 is 37.5. The highest BCUT2D eigenvalue weighted by Crippen LogP contribution is 2.36. The Morgan fingerprint density at radius 1 is 1.16 bits per heavy atom. The van der Waals surface area contributed by atoms with Crippen molar-refractivity contribution < 1.29 is 23.1 Å². The van der Waals surface area contributed by atoms with E-state index >= 15 is 0 Å². The zero-order valence-corrected chi connectivity index (χ0v) is 10.1. The first kappa shape index (κ1) is 13.9. The van der Waals surface area contributed by atoms with Gasteiger partial charge in [-0.3, -0.25) is 4.79 Å². The lowest BCUT2D eigenvalue weighted by Crippen LogP contribution is -2.45. The Morgan fingerprint density at radius 3 is 2.11 bits per heavy atom. The lowest BCUT2D eigenvalue weighted by Gasteiger charge is -2.34. The van der Waals surface area contributed by atoms with Crippen LogP contribution in [0.3, 0.4) is 0 Å². The quantitative estimate of drug-likeness (QED) is 0.870. The Bertz CT molecular complexity index is 462. The van der Waals surface area contributed by atoms with Gasteiger partial charge in [0.25, 0.3) is 0 Å². The number of aliphatic carboxylic acids is 1. The van der Waals surface area contributed by atoms with E-state index in [-0.39, 0.29) is 0 Å². The molecule has 0 saturated carbocycles. The highest BCUT2D eigenvalue weighted by atomic mass is 19.4. The van der Waals surface area contributed by atoms with E-state index < -0.39 is 23.1 Å². The number of alkyl halides is 3. The Kier molecular flexibility index (Phi) is 3.54. The molecule has 104 valence electrons. The van der Waals surface area contributed by atoms with E-state index in [1.807, 2.05) is 0 Å². The summed E-state index contributed by atoms with van der Waals surface area (Å²) in [4.78, 5) is 11.5. The molecule has 1 aromatic rings. The Labute approximate surface area is 108 Å². The monoisotopic (exact) mass is 273 g/mol. The highest BCUT2D eigenvalue weighted by Gasteiger charge is 2.41. The number of piperidine rings is 1. The third-order valence-electron chi connectivity index (χ3n) is 3.63. The van der Waals surface area contributed by atoms with Crippen LogP contribution in [0.1, 0.15) is 24.0 Å². The molecule has 1 aliphatic rings. The van der Waals surface area contributed by atoms with Crippen molar-refractivity contribution in [1.29, 1.82) is 0 Å². The molecular formula is C13H14F3NO2. The molecule has 0 aliphatic carbocycles. The fourth-order valence-corrected chi connectivity index (χ4v) is 2.46. The van der Waals surface area contributed by atoms with Crippen LogP contribution in [0.2, 0.25) is 0 Å². The number of benzene rings is 1. The van der Waals surface area contributed by atoms with Gasteiger partial charge in [-0.15, -0.1) is 0 Å². The second-order valence-corrected chi connectivity index (χ2v) is 4.71. The molecule has 2 N–H and O–H groups in total. The average Bonchev–Trinajstić information content (AvgIpc) is 2.38. The SMILES string of the molecule is O=C(O)C1(c2ccc(C(F)(F)F)cc2)CCNCC1. The number of carbonyl (C=O) groups is 1. The van der Waals surface area contributed by atoms with Crippen LogP contribution in [-0.4, -0.2) is 24.2 Å². The van der Waals surface area contributed by atoms with Crippen LogP contribution in [0, 0.1) is 0 Å². The summed E-state index contributed by atoms with van der Waals surface area (Å²) in [6, 6.07) is 4.45. The maximum atomic E-state index is 12.5. The number of hydrogen-bond acceptors (Lipinski definition) is 2. The first-order chi connectivity index (χ1) is 8.86. The first-order valence-corrected chi connectivity index (χ1v) is 5.98. The summed E-state index contributed by atoms with van der Waals surface area (Å²) >= 11 is 0. The molecule has 1 saturated heterocycles. The van der Waals surface area contributed by atoms with E-state index in [2.05, 4.69) is 5.32 Å². The number of halogens is 3. The van der Waals surface area contributed by atoms with Gasteiger partial charge in [0.15, 0.2) is 0 Å². The smallest absolute Gasteiger partial charge is 0.416 e. The van der Waals surface area contributed by atoms with Crippen LogP contribution in [-0.2, 0) is 16.4 Å². The summed E-state index contributed by atoms with van der Waals surface area (Å²) in [5, 5.41) is 12.5. The Hall–Kier alpha value is -1.56. The molecule has 19 heavy (non-hydrogen) atoms. The van der Waals surface area contributed by atoms with Crippen molar-refractivity contribution in [3.8, 4) is 0 Å². The van der Waals surface area contributed by atoms with Crippen LogP contribution in [0.15, 0.2) is 24.3 Å². The summed E-state index contributed by atoms with van der Waals surface area (Å²) in [6.45, 7) is 1.10. The van der Waals surface area contributed by atoms with Gasteiger partial charge in [-0.05, 0) is 43.6 Å². The van der Waals surface area contributed by atoms with Gasteiger partial charge in [0.2, 0.25) is 0 Å². The third kappa shape index (κ3) is 2.58. The fraction of sp³-hybridized carbons (Fsp3) is 0.462. The lowest BCUT2D eigenvalue weighted by molar-refractivity contribution is -0.145. The van der Waals surface area contributed by atoms with E-state index in [4.69, 9.17) is 0 Å². The number of carboxylic acid groups (broad SMARTS) is 1. The molecule has 1 heterocycles. The molecule has 0 radical (unpaired) electrons. The molecule has 1 aromatic carbocycles. The van der Waals surface area contributed by atoms with Crippen LogP contribution >= 0.6 is 0 Å². The highest BCUT2D eigenvalue weighted by molar-refractivity contribution is 5.81. The van der Waals surface area contributed by atoms with Gasteiger partial charge >= 0.3 is 12.1 Å². The molecule has 1 aliphatic heterocycles. The molecule has 0 amide bonds. The van der Waals surface area contributed by atoms with E-state index in [9.17, 15) is 23.1 Å². The minimum atomic E-state index is -4.40. The molecule has 0 aromatic heterocycles. The Morgan fingerprint density at radius 2 is 1.68 bits per heavy atom. The molecule has 0 unspecified atom stereocenters. The average molecular weight is 273 g/mol. The summed E-state index contributed by atoms with van der Waals surface area (Å²) in [5.41, 5.74) is -1.39. The summed E-state index contributed by atoms with van der Waals surface area (Å²) in [5.74, 6) is -0.978. The van der Waals surface area contributed by atoms with Crippen molar-refractivity contribution >= 4 is 5.97 Å². The minimum absolute atomic E-state index is 0.383. The van der Waals surface area contributed by atoms with E-state index in [0.29, 0.717) is 31.5 Å².